The molecule has 2 atom stereocenters. The third-order valence-electron chi connectivity index (χ3n) is 4.24. The van der Waals surface area contributed by atoms with Crippen LogP contribution in [0.5, 0.6) is 0 Å². The van der Waals surface area contributed by atoms with E-state index in [2.05, 4.69) is 5.32 Å². The molecule has 0 saturated heterocycles. The molecule has 0 aliphatic heterocycles. The molecule has 0 aromatic rings. The topological polar surface area (TPSA) is 75.4 Å². The van der Waals surface area contributed by atoms with Crippen molar-refractivity contribution in [1.82, 2.24) is 10.2 Å². The number of carbonyl (C=O) groups is 2. The molecule has 0 bridgehead atoms. The Hall–Kier alpha value is -1.10. The summed E-state index contributed by atoms with van der Waals surface area (Å²) in [6.07, 6.45) is 5.98. The van der Waals surface area contributed by atoms with Gasteiger partial charge in [-0.25, -0.2) is 0 Å². The standard InChI is InChI=1S/C16H31N3O2/c1-3-9-18-15(20)12-19(10-4-2)16(21)14-8-6-5-7-13(14)11-17/h13-14H,3-12,17H2,1-2H3,(H,18,20). The summed E-state index contributed by atoms with van der Waals surface area (Å²) in [4.78, 5) is 26.4. The predicted octanol–water partition coefficient (Wildman–Crippen LogP) is 1.52. The molecule has 0 spiro atoms. The molecule has 0 aromatic heterocycles. The van der Waals surface area contributed by atoms with E-state index in [0.717, 1.165) is 38.5 Å². The summed E-state index contributed by atoms with van der Waals surface area (Å²) < 4.78 is 0. The average Bonchev–Trinajstić information content (AvgIpc) is 2.51. The van der Waals surface area contributed by atoms with Gasteiger partial charge in [-0.05, 0) is 38.1 Å². The molecular formula is C16H31N3O2. The molecule has 5 nitrogen and oxygen atoms in total. The summed E-state index contributed by atoms with van der Waals surface area (Å²) >= 11 is 0. The van der Waals surface area contributed by atoms with Crippen LogP contribution in [0.1, 0.15) is 52.4 Å². The lowest BCUT2D eigenvalue weighted by Crippen LogP contribution is -2.46. The van der Waals surface area contributed by atoms with Gasteiger partial charge in [-0.2, -0.15) is 0 Å². The Labute approximate surface area is 128 Å². The fourth-order valence-electron chi connectivity index (χ4n) is 3.08. The van der Waals surface area contributed by atoms with Crippen molar-refractivity contribution in [3.63, 3.8) is 0 Å². The van der Waals surface area contributed by atoms with Crippen molar-refractivity contribution in [2.75, 3.05) is 26.2 Å². The first-order valence-electron chi connectivity index (χ1n) is 8.39. The van der Waals surface area contributed by atoms with E-state index in [9.17, 15) is 9.59 Å². The second kappa shape index (κ2) is 9.77. The first-order chi connectivity index (χ1) is 10.1. The maximum Gasteiger partial charge on any atom is 0.239 e. The third-order valence-corrected chi connectivity index (χ3v) is 4.24. The fraction of sp³-hybridized carbons (Fsp3) is 0.875. The Morgan fingerprint density at radius 2 is 1.90 bits per heavy atom. The van der Waals surface area contributed by atoms with Crippen LogP contribution >= 0.6 is 0 Å². The van der Waals surface area contributed by atoms with Crippen molar-refractivity contribution in [2.45, 2.75) is 52.4 Å². The van der Waals surface area contributed by atoms with Crippen LogP contribution in [0.3, 0.4) is 0 Å². The molecular weight excluding hydrogens is 266 g/mol. The van der Waals surface area contributed by atoms with Crippen molar-refractivity contribution >= 4 is 11.8 Å². The zero-order valence-corrected chi connectivity index (χ0v) is 13.6. The summed E-state index contributed by atoms with van der Waals surface area (Å²) in [5.41, 5.74) is 5.82. The molecule has 1 fully saturated rings. The Balaban J connectivity index is 2.64. The number of hydrogen-bond donors (Lipinski definition) is 2. The lowest BCUT2D eigenvalue weighted by molar-refractivity contribution is -0.141. The maximum atomic E-state index is 12.8. The van der Waals surface area contributed by atoms with Gasteiger partial charge in [0.25, 0.3) is 0 Å². The normalized spacial score (nSPS) is 21.9. The van der Waals surface area contributed by atoms with Crippen LogP contribution in [-0.2, 0) is 9.59 Å². The highest BCUT2D eigenvalue weighted by Crippen LogP contribution is 2.30. The lowest BCUT2D eigenvalue weighted by atomic mass is 9.78. The van der Waals surface area contributed by atoms with Gasteiger partial charge < -0.3 is 16.0 Å². The molecule has 1 saturated carbocycles. The van der Waals surface area contributed by atoms with Gasteiger partial charge in [0.15, 0.2) is 0 Å². The van der Waals surface area contributed by atoms with Gasteiger partial charge in [-0.15, -0.1) is 0 Å². The highest BCUT2D eigenvalue weighted by Gasteiger charge is 2.33. The molecule has 1 rings (SSSR count). The summed E-state index contributed by atoms with van der Waals surface area (Å²) in [5.74, 6) is 0.357. The van der Waals surface area contributed by atoms with E-state index in [4.69, 9.17) is 5.73 Å². The van der Waals surface area contributed by atoms with Gasteiger partial charge in [0.2, 0.25) is 11.8 Å². The van der Waals surface area contributed by atoms with E-state index in [0.29, 0.717) is 19.6 Å². The van der Waals surface area contributed by atoms with Crippen LogP contribution in [0.4, 0.5) is 0 Å². The molecule has 0 aromatic carbocycles. The van der Waals surface area contributed by atoms with Crippen LogP contribution in [0.25, 0.3) is 0 Å². The van der Waals surface area contributed by atoms with E-state index in [1.807, 2.05) is 13.8 Å². The van der Waals surface area contributed by atoms with Crippen LogP contribution < -0.4 is 11.1 Å². The number of nitrogens with zero attached hydrogens (tertiary/aromatic N) is 1. The quantitative estimate of drug-likeness (QED) is 0.713. The van der Waals surface area contributed by atoms with Crippen LogP contribution in [0.15, 0.2) is 0 Å². The smallest absolute Gasteiger partial charge is 0.239 e. The SMILES string of the molecule is CCCNC(=O)CN(CCC)C(=O)C1CCCCC1CN. The van der Waals surface area contributed by atoms with Gasteiger partial charge >= 0.3 is 0 Å². The van der Waals surface area contributed by atoms with E-state index >= 15 is 0 Å². The molecule has 122 valence electrons. The summed E-state index contributed by atoms with van der Waals surface area (Å²) in [5, 5.41) is 2.85. The van der Waals surface area contributed by atoms with Gasteiger partial charge in [-0.3, -0.25) is 9.59 Å². The monoisotopic (exact) mass is 297 g/mol. The first-order valence-corrected chi connectivity index (χ1v) is 8.39. The lowest BCUT2D eigenvalue weighted by Gasteiger charge is -2.34. The first kappa shape index (κ1) is 18.0. The van der Waals surface area contributed by atoms with Gasteiger partial charge in [-0.1, -0.05) is 26.7 Å². The van der Waals surface area contributed by atoms with Gasteiger partial charge in [0, 0.05) is 19.0 Å². The molecule has 3 N–H and O–H groups in total. The molecule has 2 amide bonds. The van der Waals surface area contributed by atoms with Crippen LogP contribution in [0.2, 0.25) is 0 Å². The molecule has 1 aliphatic carbocycles. The average molecular weight is 297 g/mol. The predicted molar refractivity (Wildman–Crippen MR) is 84.7 cm³/mol. The van der Waals surface area contributed by atoms with Crippen LogP contribution in [0, 0.1) is 11.8 Å². The van der Waals surface area contributed by atoms with Crippen molar-refractivity contribution in [3.05, 3.63) is 0 Å². The highest BCUT2D eigenvalue weighted by molar-refractivity contribution is 5.86. The third kappa shape index (κ3) is 5.65. The molecule has 21 heavy (non-hydrogen) atoms. The number of hydrogen-bond acceptors (Lipinski definition) is 3. The second-order valence-corrected chi connectivity index (χ2v) is 6.00. The zero-order chi connectivity index (χ0) is 15.7. The van der Waals surface area contributed by atoms with Gasteiger partial charge in [0.1, 0.15) is 0 Å². The van der Waals surface area contributed by atoms with Crippen molar-refractivity contribution in [3.8, 4) is 0 Å². The molecule has 5 heteroatoms. The van der Waals surface area contributed by atoms with Crippen molar-refractivity contribution < 1.29 is 9.59 Å². The Morgan fingerprint density at radius 3 is 2.52 bits per heavy atom. The van der Waals surface area contributed by atoms with E-state index in [1.54, 1.807) is 4.90 Å². The number of nitrogens with two attached hydrogens (primary N) is 1. The maximum absolute atomic E-state index is 12.8. The molecule has 1 aliphatic rings. The van der Waals surface area contributed by atoms with Crippen molar-refractivity contribution in [1.29, 1.82) is 0 Å². The minimum atomic E-state index is -0.0567. The fourth-order valence-corrected chi connectivity index (χ4v) is 3.08. The summed E-state index contributed by atoms with van der Waals surface area (Å²) in [6, 6.07) is 0. The molecule has 0 radical (unpaired) electrons. The Kier molecular flexibility index (Phi) is 8.35. The second-order valence-electron chi connectivity index (χ2n) is 6.00. The summed E-state index contributed by atoms with van der Waals surface area (Å²) in [7, 11) is 0. The minimum absolute atomic E-state index is 0.00859. The zero-order valence-electron chi connectivity index (χ0n) is 13.6. The number of carbonyl (C=O) groups excluding carboxylic acids is 2. The van der Waals surface area contributed by atoms with E-state index in [1.165, 1.54) is 0 Å². The van der Waals surface area contributed by atoms with E-state index in [-0.39, 0.29) is 30.2 Å². The molecule has 2 unspecified atom stereocenters. The minimum Gasteiger partial charge on any atom is -0.355 e. The Bertz CT molecular complexity index is 333. The van der Waals surface area contributed by atoms with Crippen LogP contribution in [-0.4, -0.2) is 42.9 Å². The Morgan fingerprint density at radius 1 is 1.19 bits per heavy atom. The highest BCUT2D eigenvalue weighted by atomic mass is 16.2. The largest absolute Gasteiger partial charge is 0.355 e. The van der Waals surface area contributed by atoms with E-state index < -0.39 is 0 Å². The number of nitrogens with one attached hydrogen (secondary N) is 1. The van der Waals surface area contributed by atoms with Gasteiger partial charge in [0.05, 0.1) is 6.54 Å². The summed E-state index contributed by atoms with van der Waals surface area (Å²) in [6.45, 7) is 6.11. The molecule has 0 heterocycles. The number of amides is 2. The number of rotatable bonds is 8. The van der Waals surface area contributed by atoms with Crippen molar-refractivity contribution in [2.24, 2.45) is 17.6 Å².